The van der Waals surface area contributed by atoms with Gasteiger partial charge in [-0.15, -0.1) is 5.10 Å². The van der Waals surface area contributed by atoms with Crippen LogP contribution in [0.3, 0.4) is 0 Å². The molecule has 4 aromatic rings. The molecule has 0 radical (unpaired) electrons. The highest BCUT2D eigenvalue weighted by Crippen LogP contribution is 2.26. The second-order valence-corrected chi connectivity index (χ2v) is 7.41. The second-order valence-electron chi connectivity index (χ2n) is 6.60. The molecule has 0 spiro atoms. The van der Waals surface area contributed by atoms with Gasteiger partial charge in [0.05, 0.1) is 15.7 Å². The van der Waals surface area contributed by atoms with E-state index in [9.17, 15) is 9.18 Å². The SMILES string of the molecule is Cc1cccc(-n2nc(C(=O)Nc3ccc(Cl)c(Cl)c3)nc2-c2ccc(F)cc2)c1. The number of benzene rings is 3. The van der Waals surface area contributed by atoms with Crippen molar-refractivity contribution < 1.29 is 9.18 Å². The van der Waals surface area contributed by atoms with Gasteiger partial charge in [-0.05, 0) is 67.1 Å². The number of hydrogen-bond donors (Lipinski definition) is 1. The van der Waals surface area contributed by atoms with Crippen LogP contribution in [0.2, 0.25) is 10.0 Å². The monoisotopic (exact) mass is 440 g/mol. The normalized spacial score (nSPS) is 10.8. The van der Waals surface area contributed by atoms with Crippen molar-refractivity contribution in [3.8, 4) is 17.1 Å². The van der Waals surface area contributed by atoms with Crippen LogP contribution in [0.5, 0.6) is 0 Å². The molecule has 0 fully saturated rings. The van der Waals surface area contributed by atoms with Gasteiger partial charge in [0.2, 0.25) is 5.82 Å². The minimum atomic E-state index is -0.511. The second kappa shape index (κ2) is 8.26. The molecule has 4 rings (SSSR count). The number of hydrogen-bond acceptors (Lipinski definition) is 3. The highest BCUT2D eigenvalue weighted by atomic mass is 35.5. The molecule has 1 heterocycles. The van der Waals surface area contributed by atoms with E-state index in [1.54, 1.807) is 35.0 Å². The van der Waals surface area contributed by atoms with Gasteiger partial charge >= 0.3 is 0 Å². The molecule has 0 atom stereocenters. The first kappa shape index (κ1) is 20.1. The van der Waals surface area contributed by atoms with Crippen LogP contribution in [0, 0.1) is 12.7 Å². The van der Waals surface area contributed by atoms with Crippen molar-refractivity contribution in [2.75, 3.05) is 5.32 Å². The Labute approximate surface area is 182 Å². The lowest BCUT2D eigenvalue weighted by molar-refractivity contribution is 0.101. The third kappa shape index (κ3) is 4.20. The van der Waals surface area contributed by atoms with E-state index in [4.69, 9.17) is 23.2 Å². The Hall–Kier alpha value is -3.22. The molecule has 0 bridgehead atoms. The zero-order chi connectivity index (χ0) is 21.3. The average Bonchev–Trinajstić information content (AvgIpc) is 3.17. The quantitative estimate of drug-likeness (QED) is 0.426. The molecule has 1 N–H and O–H groups in total. The maximum Gasteiger partial charge on any atom is 0.295 e. The van der Waals surface area contributed by atoms with Gasteiger partial charge < -0.3 is 5.32 Å². The first-order valence-electron chi connectivity index (χ1n) is 8.97. The molecule has 8 heteroatoms. The van der Waals surface area contributed by atoms with Crippen molar-refractivity contribution in [1.29, 1.82) is 0 Å². The van der Waals surface area contributed by atoms with Gasteiger partial charge in [-0.3, -0.25) is 4.79 Å². The van der Waals surface area contributed by atoms with Crippen LogP contribution in [-0.2, 0) is 0 Å². The fourth-order valence-corrected chi connectivity index (χ4v) is 3.19. The molecule has 5 nitrogen and oxygen atoms in total. The zero-order valence-corrected chi connectivity index (χ0v) is 17.2. The molecule has 30 heavy (non-hydrogen) atoms. The first-order chi connectivity index (χ1) is 14.4. The number of aromatic nitrogens is 3. The first-order valence-corrected chi connectivity index (χ1v) is 9.73. The standard InChI is InChI=1S/C22H15Cl2FN4O/c1-13-3-2-4-17(11-13)29-21(14-5-7-15(25)8-6-14)27-20(28-29)22(30)26-16-9-10-18(23)19(24)12-16/h2-12H,1H3,(H,26,30). The maximum atomic E-state index is 13.4. The lowest BCUT2D eigenvalue weighted by atomic mass is 10.2. The Morgan fingerprint density at radius 3 is 2.47 bits per heavy atom. The third-order valence-electron chi connectivity index (χ3n) is 4.34. The number of carbonyl (C=O) groups excluding carboxylic acids is 1. The molecular weight excluding hydrogens is 426 g/mol. The van der Waals surface area contributed by atoms with Crippen LogP contribution < -0.4 is 5.32 Å². The molecule has 0 aliphatic rings. The van der Waals surface area contributed by atoms with Gasteiger partial charge in [0.15, 0.2) is 5.82 Å². The summed E-state index contributed by atoms with van der Waals surface area (Å²) in [4.78, 5) is 17.2. The molecule has 0 aliphatic heterocycles. The number of nitrogens with zero attached hydrogens (tertiary/aromatic N) is 3. The highest BCUT2D eigenvalue weighted by Gasteiger charge is 2.19. The summed E-state index contributed by atoms with van der Waals surface area (Å²) < 4.78 is 14.9. The zero-order valence-electron chi connectivity index (χ0n) is 15.7. The van der Waals surface area contributed by atoms with Gasteiger partial charge in [-0.1, -0.05) is 35.3 Å². The van der Waals surface area contributed by atoms with Gasteiger partial charge in [-0.2, -0.15) is 0 Å². The molecular formula is C22H15Cl2FN4O. The summed E-state index contributed by atoms with van der Waals surface area (Å²) in [5.41, 5.74) is 2.84. The Bertz CT molecular complexity index is 1240. The van der Waals surface area contributed by atoms with Crippen molar-refractivity contribution in [3.05, 3.63) is 94.0 Å². The van der Waals surface area contributed by atoms with E-state index in [2.05, 4.69) is 15.4 Å². The van der Waals surface area contributed by atoms with Crippen molar-refractivity contribution in [1.82, 2.24) is 14.8 Å². The minimum absolute atomic E-state index is 0.0399. The Morgan fingerprint density at radius 2 is 1.77 bits per heavy atom. The molecule has 0 saturated heterocycles. The number of rotatable bonds is 4. The predicted molar refractivity (Wildman–Crippen MR) is 116 cm³/mol. The summed E-state index contributed by atoms with van der Waals surface area (Å²) in [6, 6.07) is 18.2. The number of aryl methyl sites for hydroxylation is 1. The van der Waals surface area contributed by atoms with Crippen LogP contribution in [-0.4, -0.2) is 20.7 Å². The summed E-state index contributed by atoms with van der Waals surface area (Å²) in [5, 5.41) is 7.81. The van der Waals surface area contributed by atoms with E-state index in [1.165, 1.54) is 12.1 Å². The van der Waals surface area contributed by atoms with Gasteiger partial charge in [0, 0.05) is 11.3 Å². The summed E-state index contributed by atoms with van der Waals surface area (Å²) in [6.45, 7) is 1.95. The predicted octanol–water partition coefficient (Wildman–Crippen LogP) is 5.94. The van der Waals surface area contributed by atoms with Crippen LogP contribution in [0.25, 0.3) is 17.1 Å². The minimum Gasteiger partial charge on any atom is -0.319 e. The van der Waals surface area contributed by atoms with Crippen LogP contribution in [0.15, 0.2) is 66.7 Å². The summed E-state index contributed by atoms with van der Waals surface area (Å²) in [7, 11) is 0. The van der Waals surface area contributed by atoms with Gasteiger partial charge in [0.25, 0.3) is 5.91 Å². The van der Waals surface area contributed by atoms with E-state index in [0.717, 1.165) is 11.3 Å². The molecule has 1 aromatic heterocycles. The van der Waals surface area contributed by atoms with Crippen LogP contribution >= 0.6 is 23.2 Å². The van der Waals surface area contributed by atoms with Crippen molar-refractivity contribution in [2.24, 2.45) is 0 Å². The molecule has 0 unspecified atom stereocenters. The molecule has 150 valence electrons. The molecule has 0 saturated carbocycles. The maximum absolute atomic E-state index is 13.4. The van der Waals surface area contributed by atoms with E-state index in [-0.39, 0.29) is 11.6 Å². The number of amides is 1. The third-order valence-corrected chi connectivity index (χ3v) is 5.08. The van der Waals surface area contributed by atoms with E-state index in [0.29, 0.717) is 27.1 Å². The Kier molecular flexibility index (Phi) is 5.53. The number of nitrogens with one attached hydrogen (secondary N) is 1. The van der Waals surface area contributed by atoms with Gasteiger partial charge in [0.1, 0.15) is 5.82 Å². The Balaban J connectivity index is 1.75. The lowest BCUT2D eigenvalue weighted by Crippen LogP contribution is -2.14. The number of anilines is 1. The fraction of sp³-hybridized carbons (Fsp3) is 0.0455. The van der Waals surface area contributed by atoms with Crippen molar-refractivity contribution >= 4 is 34.8 Å². The average molecular weight is 441 g/mol. The molecule has 1 amide bonds. The van der Waals surface area contributed by atoms with E-state index >= 15 is 0 Å². The highest BCUT2D eigenvalue weighted by molar-refractivity contribution is 6.42. The van der Waals surface area contributed by atoms with Crippen LogP contribution in [0.1, 0.15) is 16.2 Å². The van der Waals surface area contributed by atoms with E-state index in [1.807, 2.05) is 31.2 Å². The van der Waals surface area contributed by atoms with Crippen molar-refractivity contribution in [2.45, 2.75) is 6.92 Å². The number of carbonyl (C=O) groups is 1. The number of halogens is 3. The fourth-order valence-electron chi connectivity index (χ4n) is 2.89. The molecule has 0 aliphatic carbocycles. The Morgan fingerprint density at radius 1 is 1.00 bits per heavy atom. The summed E-state index contributed by atoms with van der Waals surface area (Å²) >= 11 is 11.9. The largest absolute Gasteiger partial charge is 0.319 e. The van der Waals surface area contributed by atoms with Crippen LogP contribution in [0.4, 0.5) is 10.1 Å². The van der Waals surface area contributed by atoms with Crippen molar-refractivity contribution in [3.63, 3.8) is 0 Å². The summed E-state index contributed by atoms with van der Waals surface area (Å²) in [5.74, 6) is -0.497. The van der Waals surface area contributed by atoms with E-state index < -0.39 is 5.91 Å². The van der Waals surface area contributed by atoms with Gasteiger partial charge in [-0.25, -0.2) is 14.1 Å². The summed E-state index contributed by atoms with van der Waals surface area (Å²) in [6.07, 6.45) is 0. The smallest absolute Gasteiger partial charge is 0.295 e. The topological polar surface area (TPSA) is 59.8 Å². The molecule has 3 aromatic carbocycles. The lowest BCUT2D eigenvalue weighted by Gasteiger charge is -2.06.